The highest BCUT2D eigenvalue weighted by molar-refractivity contribution is 7.16. The molecule has 0 bridgehead atoms. The van der Waals surface area contributed by atoms with E-state index in [1.54, 1.807) is 11.3 Å². The first-order valence-electron chi connectivity index (χ1n) is 11.0. The Balaban J connectivity index is 1.58. The summed E-state index contributed by atoms with van der Waals surface area (Å²) in [5.41, 5.74) is 2.68. The molecule has 1 atom stereocenters. The third kappa shape index (κ3) is 4.48. The Kier molecular flexibility index (Phi) is 6.08. The van der Waals surface area contributed by atoms with Crippen LogP contribution in [0.15, 0.2) is 35.3 Å². The number of thiophene rings is 1. The molecule has 1 saturated heterocycles. The number of anilines is 2. The monoisotopic (exact) mass is 440 g/mol. The zero-order valence-electron chi connectivity index (χ0n) is 19.1. The molecule has 7 heteroatoms. The second kappa shape index (κ2) is 8.63. The van der Waals surface area contributed by atoms with Gasteiger partial charge in [0, 0.05) is 24.5 Å². The SMILES string of the molecule is CCC(C)(C)C(=O)OCC1CN(C2=Nc3ccccc3Nc3sc(C)cc32)CCN1C. The number of benzene rings is 1. The molecule has 4 rings (SSSR count). The third-order valence-electron chi connectivity index (χ3n) is 6.39. The number of hydrogen-bond acceptors (Lipinski definition) is 7. The smallest absolute Gasteiger partial charge is 0.311 e. The van der Waals surface area contributed by atoms with E-state index in [0.717, 1.165) is 53.8 Å². The predicted octanol–water partition coefficient (Wildman–Crippen LogP) is 4.79. The van der Waals surface area contributed by atoms with Gasteiger partial charge in [-0.2, -0.15) is 0 Å². The minimum atomic E-state index is -0.448. The summed E-state index contributed by atoms with van der Waals surface area (Å²) >= 11 is 1.76. The highest BCUT2D eigenvalue weighted by Crippen LogP contribution is 2.39. The van der Waals surface area contributed by atoms with Gasteiger partial charge in [0.05, 0.1) is 28.4 Å². The molecule has 0 spiro atoms. The van der Waals surface area contributed by atoms with Gasteiger partial charge in [0.1, 0.15) is 17.4 Å². The summed E-state index contributed by atoms with van der Waals surface area (Å²) in [6.07, 6.45) is 0.766. The summed E-state index contributed by atoms with van der Waals surface area (Å²) in [7, 11) is 2.10. The van der Waals surface area contributed by atoms with Crippen LogP contribution in [0.4, 0.5) is 16.4 Å². The molecule has 1 N–H and O–H groups in total. The van der Waals surface area contributed by atoms with Gasteiger partial charge >= 0.3 is 5.97 Å². The minimum Gasteiger partial charge on any atom is -0.464 e. The summed E-state index contributed by atoms with van der Waals surface area (Å²) in [5.74, 6) is 0.872. The van der Waals surface area contributed by atoms with Crippen LogP contribution in [0.5, 0.6) is 0 Å². The molecule has 0 aliphatic carbocycles. The summed E-state index contributed by atoms with van der Waals surface area (Å²) in [5, 5.41) is 4.71. The van der Waals surface area contributed by atoms with Crippen LogP contribution in [0, 0.1) is 12.3 Å². The average Bonchev–Trinajstić information content (AvgIpc) is 3.04. The van der Waals surface area contributed by atoms with E-state index in [9.17, 15) is 4.79 Å². The van der Waals surface area contributed by atoms with Gasteiger partial charge in [0.25, 0.3) is 0 Å². The maximum Gasteiger partial charge on any atom is 0.311 e. The Hall–Kier alpha value is -2.38. The first-order valence-corrected chi connectivity index (χ1v) is 11.8. The number of likely N-dealkylation sites (N-methyl/N-ethyl adjacent to an activating group) is 1. The molecule has 0 saturated carbocycles. The minimum absolute atomic E-state index is 0.124. The highest BCUT2D eigenvalue weighted by atomic mass is 32.1. The van der Waals surface area contributed by atoms with Crippen LogP contribution in [0.2, 0.25) is 0 Å². The molecule has 2 aliphatic heterocycles. The first-order chi connectivity index (χ1) is 14.8. The topological polar surface area (TPSA) is 57.2 Å². The van der Waals surface area contributed by atoms with Crippen molar-refractivity contribution in [2.75, 3.05) is 38.6 Å². The molecule has 31 heavy (non-hydrogen) atoms. The van der Waals surface area contributed by atoms with E-state index in [0.29, 0.717) is 6.61 Å². The Morgan fingerprint density at radius 3 is 2.87 bits per heavy atom. The molecule has 1 aromatic heterocycles. The number of aryl methyl sites for hydroxylation is 1. The largest absolute Gasteiger partial charge is 0.464 e. The standard InChI is InChI=1S/C24H32N4O2S/c1-6-24(3,4)23(29)30-15-17-14-28(12-11-27(17)5)21-18-13-16(2)31-22(18)26-20-10-8-7-9-19(20)25-21/h7-10,13,17,26H,6,11-12,14-15H2,1-5H3. The number of esters is 1. The van der Waals surface area contributed by atoms with Crippen LogP contribution in [0.25, 0.3) is 0 Å². The fourth-order valence-corrected chi connectivity index (χ4v) is 4.74. The van der Waals surface area contributed by atoms with Crippen LogP contribution in [-0.2, 0) is 9.53 Å². The Labute approximate surface area is 188 Å². The number of nitrogens with one attached hydrogen (secondary N) is 1. The normalized spacial score (nSPS) is 19.1. The first kappa shape index (κ1) is 21.8. The highest BCUT2D eigenvalue weighted by Gasteiger charge is 2.33. The van der Waals surface area contributed by atoms with Crippen molar-refractivity contribution in [2.45, 2.75) is 40.2 Å². The van der Waals surface area contributed by atoms with Gasteiger partial charge in [-0.15, -0.1) is 11.3 Å². The molecular weight excluding hydrogens is 408 g/mol. The van der Waals surface area contributed by atoms with Gasteiger partial charge in [-0.1, -0.05) is 19.1 Å². The third-order valence-corrected chi connectivity index (χ3v) is 7.36. The lowest BCUT2D eigenvalue weighted by molar-refractivity contribution is -0.156. The Morgan fingerprint density at radius 2 is 2.10 bits per heavy atom. The fraction of sp³-hybridized carbons (Fsp3) is 0.500. The molecule has 6 nitrogen and oxygen atoms in total. The lowest BCUT2D eigenvalue weighted by Crippen LogP contribution is -2.55. The summed E-state index contributed by atoms with van der Waals surface area (Å²) in [4.78, 5) is 23.5. The molecule has 1 unspecified atom stereocenters. The quantitative estimate of drug-likeness (QED) is 0.693. The van der Waals surface area contributed by atoms with E-state index in [1.165, 1.54) is 4.88 Å². The molecule has 2 aliphatic rings. The van der Waals surface area contributed by atoms with Crippen molar-refractivity contribution in [3.63, 3.8) is 0 Å². The lowest BCUT2D eigenvalue weighted by atomic mass is 9.91. The number of ether oxygens (including phenoxy) is 1. The molecule has 2 aromatic rings. The average molecular weight is 441 g/mol. The van der Waals surface area contributed by atoms with E-state index in [2.05, 4.69) is 41.2 Å². The van der Waals surface area contributed by atoms with Crippen LogP contribution in [-0.4, -0.2) is 60.9 Å². The van der Waals surface area contributed by atoms with Crippen molar-refractivity contribution < 1.29 is 9.53 Å². The lowest BCUT2D eigenvalue weighted by Gasteiger charge is -2.40. The van der Waals surface area contributed by atoms with Crippen LogP contribution >= 0.6 is 11.3 Å². The number of piperazine rings is 1. The van der Waals surface area contributed by atoms with E-state index >= 15 is 0 Å². The van der Waals surface area contributed by atoms with Crippen LogP contribution in [0.1, 0.15) is 37.6 Å². The summed E-state index contributed by atoms with van der Waals surface area (Å²) in [6.45, 7) is 11.0. The van der Waals surface area contributed by atoms with Crippen molar-refractivity contribution in [2.24, 2.45) is 10.4 Å². The van der Waals surface area contributed by atoms with Gasteiger partial charge in [0.2, 0.25) is 0 Å². The number of aliphatic imine (C=N–C) groups is 1. The second-order valence-corrected chi connectivity index (χ2v) is 10.4. The molecule has 0 radical (unpaired) electrons. The Bertz CT molecular complexity index is 997. The number of para-hydroxylation sites is 2. The van der Waals surface area contributed by atoms with Gasteiger partial charge in [-0.25, -0.2) is 4.99 Å². The van der Waals surface area contributed by atoms with Crippen molar-refractivity contribution in [1.29, 1.82) is 0 Å². The second-order valence-electron chi connectivity index (χ2n) is 9.09. The fourth-order valence-electron chi connectivity index (χ4n) is 3.82. The number of carbonyl (C=O) groups excluding carboxylic acids is 1. The number of rotatable bonds is 4. The number of fused-ring (bicyclic) bond motifs is 2. The van der Waals surface area contributed by atoms with E-state index in [4.69, 9.17) is 9.73 Å². The van der Waals surface area contributed by atoms with Crippen molar-refractivity contribution in [3.8, 4) is 0 Å². The summed E-state index contributed by atoms with van der Waals surface area (Å²) < 4.78 is 5.74. The molecule has 1 fully saturated rings. The van der Waals surface area contributed by atoms with Gasteiger partial charge in [-0.05, 0) is 52.4 Å². The molecular formula is C24H32N4O2S. The molecule has 0 amide bonds. The zero-order valence-corrected chi connectivity index (χ0v) is 19.9. The van der Waals surface area contributed by atoms with E-state index in [1.807, 2.05) is 39.0 Å². The summed E-state index contributed by atoms with van der Waals surface area (Å²) in [6, 6.07) is 10.5. The van der Waals surface area contributed by atoms with Crippen LogP contribution in [0.3, 0.4) is 0 Å². The van der Waals surface area contributed by atoms with E-state index < -0.39 is 5.41 Å². The maximum atomic E-state index is 12.5. The van der Waals surface area contributed by atoms with Gasteiger partial charge < -0.3 is 15.0 Å². The molecule has 166 valence electrons. The van der Waals surface area contributed by atoms with Crippen molar-refractivity contribution in [1.82, 2.24) is 9.80 Å². The van der Waals surface area contributed by atoms with Crippen LogP contribution < -0.4 is 5.32 Å². The van der Waals surface area contributed by atoms with Crippen molar-refractivity contribution >= 4 is 39.5 Å². The molecule has 1 aromatic carbocycles. The number of hydrogen-bond donors (Lipinski definition) is 1. The molecule has 3 heterocycles. The number of carbonyl (C=O) groups is 1. The zero-order chi connectivity index (χ0) is 22.2. The number of nitrogens with zero attached hydrogens (tertiary/aromatic N) is 3. The predicted molar refractivity (Wildman–Crippen MR) is 128 cm³/mol. The number of amidine groups is 1. The van der Waals surface area contributed by atoms with Crippen molar-refractivity contribution in [3.05, 3.63) is 40.8 Å². The van der Waals surface area contributed by atoms with E-state index in [-0.39, 0.29) is 12.0 Å². The van der Waals surface area contributed by atoms with Gasteiger partial charge in [-0.3, -0.25) is 9.69 Å². The maximum absolute atomic E-state index is 12.5. The Morgan fingerprint density at radius 1 is 1.32 bits per heavy atom. The van der Waals surface area contributed by atoms with Gasteiger partial charge in [0.15, 0.2) is 0 Å².